The van der Waals surface area contributed by atoms with E-state index in [1.807, 2.05) is 0 Å². The lowest BCUT2D eigenvalue weighted by atomic mass is 9.84. The van der Waals surface area contributed by atoms with Crippen LogP contribution in [0.25, 0.3) is 0 Å². The second-order valence-corrected chi connectivity index (χ2v) is 6.58. The van der Waals surface area contributed by atoms with Crippen LogP contribution in [0.15, 0.2) is 0 Å². The maximum Gasteiger partial charge on any atom is 0.212 e. The molecule has 0 bridgehead atoms. The molecular formula is C11H25N3O2S. The molecule has 0 heterocycles. The van der Waals surface area contributed by atoms with Gasteiger partial charge in [0.2, 0.25) is 10.0 Å². The number of nitrogens with two attached hydrogens (primary N) is 1. The van der Waals surface area contributed by atoms with E-state index in [2.05, 4.69) is 10.0 Å². The summed E-state index contributed by atoms with van der Waals surface area (Å²) in [6.07, 6.45) is 4.74. The molecular weight excluding hydrogens is 238 g/mol. The molecule has 1 aliphatic carbocycles. The summed E-state index contributed by atoms with van der Waals surface area (Å²) >= 11 is 0. The highest BCUT2D eigenvalue weighted by molar-refractivity contribution is 7.89. The van der Waals surface area contributed by atoms with Gasteiger partial charge in [-0.25, -0.2) is 13.1 Å². The van der Waals surface area contributed by atoms with E-state index in [1.165, 1.54) is 12.8 Å². The standard InChI is InChI=1S/C11H25N3O2S/c1-2-14-17(15,16)8-7-13-11-6-4-3-5-10(11)9-12/h10-11,13-14H,2-9,12H2,1H3. The third kappa shape index (κ3) is 5.33. The van der Waals surface area contributed by atoms with Crippen molar-refractivity contribution >= 4 is 10.0 Å². The fourth-order valence-corrected chi connectivity index (χ4v) is 3.40. The predicted molar refractivity (Wildman–Crippen MR) is 70.3 cm³/mol. The van der Waals surface area contributed by atoms with E-state index in [1.54, 1.807) is 6.92 Å². The van der Waals surface area contributed by atoms with Crippen LogP contribution in [-0.4, -0.2) is 39.8 Å². The van der Waals surface area contributed by atoms with Gasteiger partial charge in [0.1, 0.15) is 0 Å². The maximum atomic E-state index is 11.4. The van der Waals surface area contributed by atoms with Gasteiger partial charge < -0.3 is 11.1 Å². The van der Waals surface area contributed by atoms with Gasteiger partial charge in [0, 0.05) is 19.1 Å². The van der Waals surface area contributed by atoms with E-state index < -0.39 is 10.0 Å². The molecule has 0 radical (unpaired) electrons. The average molecular weight is 263 g/mol. The second-order valence-electron chi connectivity index (χ2n) is 4.66. The number of hydrogen-bond donors (Lipinski definition) is 3. The lowest BCUT2D eigenvalue weighted by molar-refractivity contribution is 0.272. The molecule has 0 saturated heterocycles. The highest BCUT2D eigenvalue weighted by Crippen LogP contribution is 2.23. The molecule has 1 fully saturated rings. The first-order valence-electron chi connectivity index (χ1n) is 6.50. The van der Waals surface area contributed by atoms with Crippen molar-refractivity contribution in [1.29, 1.82) is 0 Å². The van der Waals surface area contributed by atoms with Gasteiger partial charge in [0.05, 0.1) is 5.75 Å². The largest absolute Gasteiger partial charge is 0.330 e. The van der Waals surface area contributed by atoms with Gasteiger partial charge in [-0.3, -0.25) is 0 Å². The zero-order valence-corrected chi connectivity index (χ0v) is 11.4. The molecule has 2 unspecified atom stereocenters. The Kier molecular flexibility index (Phi) is 6.40. The van der Waals surface area contributed by atoms with Crippen molar-refractivity contribution in [2.45, 2.75) is 38.6 Å². The number of hydrogen-bond acceptors (Lipinski definition) is 4. The summed E-state index contributed by atoms with van der Waals surface area (Å²) in [4.78, 5) is 0. The third-order valence-electron chi connectivity index (χ3n) is 3.35. The monoisotopic (exact) mass is 263 g/mol. The lowest BCUT2D eigenvalue weighted by Crippen LogP contribution is -2.44. The molecule has 1 saturated carbocycles. The first-order chi connectivity index (χ1) is 8.09. The zero-order valence-electron chi connectivity index (χ0n) is 10.6. The van der Waals surface area contributed by atoms with Crippen LogP contribution in [-0.2, 0) is 10.0 Å². The normalized spacial score (nSPS) is 26.0. The van der Waals surface area contributed by atoms with Crippen LogP contribution in [0.2, 0.25) is 0 Å². The van der Waals surface area contributed by atoms with Gasteiger partial charge in [-0.15, -0.1) is 0 Å². The minimum absolute atomic E-state index is 0.147. The Bertz CT molecular complexity index is 306. The molecule has 0 aliphatic heterocycles. The van der Waals surface area contributed by atoms with Crippen molar-refractivity contribution in [2.75, 3.05) is 25.4 Å². The van der Waals surface area contributed by atoms with Gasteiger partial charge in [-0.1, -0.05) is 19.8 Å². The molecule has 0 aromatic rings. The number of nitrogens with one attached hydrogen (secondary N) is 2. The summed E-state index contributed by atoms with van der Waals surface area (Å²) in [5.41, 5.74) is 5.73. The van der Waals surface area contributed by atoms with Crippen LogP contribution in [0.3, 0.4) is 0 Å². The van der Waals surface area contributed by atoms with Crippen molar-refractivity contribution < 1.29 is 8.42 Å². The van der Waals surface area contributed by atoms with Gasteiger partial charge in [-0.05, 0) is 25.3 Å². The van der Waals surface area contributed by atoms with E-state index in [-0.39, 0.29) is 5.75 Å². The Hall–Kier alpha value is -0.170. The summed E-state index contributed by atoms with van der Waals surface area (Å²) in [6.45, 7) is 3.45. The van der Waals surface area contributed by atoms with Crippen LogP contribution >= 0.6 is 0 Å². The molecule has 2 atom stereocenters. The third-order valence-corrected chi connectivity index (χ3v) is 4.82. The summed E-state index contributed by atoms with van der Waals surface area (Å²) in [5, 5.41) is 3.34. The molecule has 0 aromatic heterocycles. The fraction of sp³-hybridized carbons (Fsp3) is 1.00. The Morgan fingerprint density at radius 2 is 2.00 bits per heavy atom. The second kappa shape index (κ2) is 7.31. The van der Waals surface area contributed by atoms with E-state index in [9.17, 15) is 8.42 Å². The lowest BCUT2D eigenvalue weighted by Gasteiger charge is -2.31. The van der Waals surface area contributed by atoms with Crippen molar-refractivity contribution in [3.63, 3.8) is 0 Å². The predicted octanol–water partition coefficient (Wildman–Crippen LogP) is 0.0328. The fourth-order valence-electron chi connectivity index (χ4n) is 2.43. The first kappa shape index (κ1) is 14.9. The van der Waals surface area contributed by atoms with Gasteiger partial charge in [-0.2, -0.15) is 0 Å². The molecule has 17 heavy (non-hydrogen) atoms. The van der Waals surface area contributed by atoms with Crippen LogP contribution in [0.5, 0.6) is 0 Å². The smallest absolute Gasteiger partial charge is 0.212 e. The first-order valence-corrected chi connectivity index (χ1v) is 8.15. The minimum atomic E-state index is -3.10. The van der Waals surface area contributed by atoms with Crippen molar-refractivity contribution in [3.05, 3.63) is 0 Å². The van der Waals surface area contributed by atoms with E-state index in [4.69, 9.17) is 5.73 Å². The average Bonchev–Trinajstić information content (AvgIpc) is 2.29. The number of rotatable bonds is 7. The van der Waals surface area contributed by atoms with E-state index in [0.29, 0.717) is 31.6 Å². The summed E-state index contributed by atoms with van der Waals surface area (Å²) in [6, 6.07) is 0.394. The quantitative estimate of drug-likeness (QED) is 0.605. The van der Waals surface area contributed by atoms with Gasteiger partial charge in [0.15, 0.2) is 0 Å². The molecule has 102 valence electrons. The van der Waals surface area contributed by atoms with Crippen molar-refractivity contribution in [2.24, 2.45) is 11.7 Å². The van der Waals surface area contributed by atoms with Crippen molar-refractivity contribution in [3.8, 4) is 0 Å². The Morgan fingerprint density at radius 3 is 2.65 bits per heavy atom. The van der Waals surface area contributed by atoms with Crippen LogP contribution < -0.4 is 15.8 Å². The molecule has 6 heteroatoms. The Labute approximate surface area is 105 Å². The highest BCUT2D eigenvalue weighted by atomic mass is 32.2. The number of sulfonamides is 1. The van der Waals surface area contributed by atoms with Gasteiger partial charge in [0.25, 0.3) is 0 Å². The topological polar surface area (TPSA) is 84.2 Å². The summed E-state index contributed by atoms with van der Waals surface area (Å²) in [5.74, 6) is 0.653. The Morgan fingerprint density at radius 1 is 1.29 bits per heavy atom. The molecule has 4 N–H and O–H groups in total. The van der Waals surface area contributed by atoms with Crippen LogP contribution in [0, 0.1) is 5.92 Å². The molecule has 1 rings (SSSR count). The molecule has 0 amide bonds. The van der Waals surface area contributed by atoms with E-state index >= 15 is 0 Å². The maximum absolute atomic E-state index is 11.4. The van der Waals surface area contributed by atoms with Crippen LogP contribution in [0.4, 0.5) is 0 Å². The minimum Gasteiger partial charge on any atom is -0.330 e. The zero-order chi connectivity index (χ0) is 12.7. The summed E-state index contributed by atoms with van der Waals surface area (Å²) in [7, 11) is -3.10. The van der Waals surface area contributed by atoms with Gasteiger partial charge >= 0.3 is 0 Å². The van der Waals surface area contributed by atoms with Crippen LogP contribution in [0.1, 0.15) is 32.6 Å². The molecule has 1 aliphatic rings. The molecule has 0 aromatic carbocycles. The molecule has 0 spiro atoms. The summed E-state index contributed by atoms with van der Waals surface area (Å²) < 4.78 is 25.4. The SMILES string of the molecule is CCNS(=O)(=O)CCNC1CCCCC1CN. The Balaban J connectivity index is 2.29. The highest BCUT2D eigenvalue weighted by Gasteiger charge is 2.23. The van der Waals surface area contributed by atoms with Crippen molar-refractivity contribution in [1.82, 2.24) is 10.0 Å². The molecule has 5 nitrogen and oxygen atoms in total. The van der Waals surface area contributed by atoms with E-state index in [0.717, 1.165) is 12.8 Å².